The van der Waals surface area contributed by atoms with E-state index in [0.717, 1.165) is 30.3 Å². The van der Waals surface area contributed by atoms with E-state index in [9.17, 15) is 0 Å². The first-order chi connectivity index (χ1) is 8.25. The molecule has 2 aliphatic carbocycles. The Balaban J connectivity index is 1.55. The zero-order valence-corrected chi connectivity index (χ0v) is 10.9. The molecule has 2 saturated carbocycles. The van der Waals surface area contributed by atoms with E-state index in [0.29, 0.717) is 5.92 Å². The number of hydrogen-bond acceptors (Lipinski definition) is 5. The maximum Gasteiger partial charge on any atom is 0.202 e. The monoisotopic (exact) mass is 252 g/mol. The topological polar surface area (TPSA) is 63.8 Å². The highest BCUT2D eigenvalue weighted by Crippen LogP contribution is 2.39. The summed E-state index contributed by atoms with van der Waals surface area (Å²) in [6, 6.07) is 0. The van der Waals surface area contributed by atoms with Gasteiger partial charge in [-0.1, -0.05) is 19.3 Å². The van der Waals surface area contributed by atoms with Crippen LogP contribution in [0.5, 0.6) is 0 Å². The number of nitrogens with one attached hydrogen (secondary N) is 1. The Bertz CT molecular complexity index is 380. The van der Waals surface area contributed by atoms with Crippen LogP contribution in [-0.2, 0) is 0 Å². The third-order valence-electron chi connectivity index (χ3n) is 3.83. The van der Waals surface area contributed by atoms with Gasteiger partial charge in [-0.25, -0.2) is 4.98 Å². The van der Waals surface area contributed by atoms with Crippen LogP contribution >= 0.6 is 11.5 Å². The lowest BCUT2D eigenvalue weighted by Gasteiger charge is -2.33. The van der Waals surface area contributed by atoms with Crippen LogP contribution in [0.15, 0.2) is 0 Å². The third kappa shape index (κ3) is 2.77. The molecule has 0 spiro atoms. The van der Waals surface area contributed by atoms with Crippen LogP contribution < -0.4 is 11.1 Å². The van der Waals surface area contributed by atoms with Crippen molar-refractivity contribution < 1.29 is 0 Å². The second kappa shape index (κ2) is 4.53. The van der Waals surface area contributed by atoms with Crippen molar-refractivity contribution in [1.29, 1.82) is 0 Å². The van der Waals surface area contributed by atoms with Gasteiger partial charge in [0.2, 0.25) is 5.13 Å². The summed E-state index contributed by atoms with van der Waals surface area (Å²) in [7, 11) is 0. The van der Waals surface area contributed by atoms with Crippen molar-refractivity contribution in [2.45, 2.75) is 56.4 Å². The van der Waals surface area contributed by atoms with Gasteiger partial charge >= 0.3 is 0 Å². The summed E-state index contributed by atoms with van der Waals surface area (Å²) in [5, 5.41) is 4.32. The van der Waals surface area contributed by atoms with E-state index in [2.05, 4.69) is 14.7 Å². The van der Waals surface area contributed by atoms with E-state index in [1.54, 1.807) is 0 Å². The van der Waals surface area contributed by atoms with Crippen LogP contribution in [0.2, 0.25) is 0 Å². The minimum absolute atomic E-state index is 0.0241. The van der Waals surface area contributed by atoms with E-state index >= 15 is 0 Å². The predicted molar refractivity (Wildman–Crippen MR) is 70.4 cm³/mol. The van der Waals surface area contributed by atoms with Crippen molar-refractivity contribution in [2.75, 3.05) is 11.9 Å². The Labute approximate surface area is 106 Å². The molecule has 5 heteroatoms. The summed E-state index contributed by atoms with van der Waals surface area (Å²) < 4.78 is 4.39. The standard InChI is InChI=1S/C12H20N4S/c13-12(6-2-1-3-7-12)8-14-11-15-10(16-17-11)9-4-5-9/h9H,1-8,13H2,(H,14,15,16). The number of aromatic nitrogens is 2. The smallest absolute Gasteiger partial charge is 0.202 e. The van der Waals surface area contributed by atoms with Gasteiger partial charge in [-0.15, -0.1) is 0 Å². The van der Waals surface area contributed by atoms with Crippen LogP contribution in [0, 0.1) is 0 Å². The van der Waals surface area contributed by atoms with Gasteiger partial charge in [-0.3, -0.25) is 0 Å². The highest BCUT2D eigenvalue weighted by molar-refractivity contribution is 7.09. The molecule has 0 amide bonds. The van der Waals surface area contributed by atoms with E-state index in [1.807, 2.05) is 0 Å². The van der Waals surface area contributed by atoms with Gasteiger partial charge in [0.15, 0.2) is 0 Å². The first-order valence-electron chi connectivity index (χ1n) is 6.62. The summed E-state index contributed by atoms with van der Waals surface area (Å²) in [4.78, 5) is 4.53. The summed E-state index contributed by atoms with van der Waals surface area (Å²) in [5.41, 5.74) is 6.36. The first kappa shape index (κ1) is 11.4. The van der Waals surface area contributed by atoms with Crippen molar-refractivity contribution in [1.82, 2.24) is 9.36 Å². The lowest BCUT2D eigenvalue weighted by Crippen LogP contribution is -2.47. The average Bonchev–Trinajstić information content (AvgIpc) is 3.07. The summed E-state index contributed by atoms with van der Waals surface area (Å²) >= 11 is 1.48. The molecule has 0 atom stereocenters. The number of nitrogens with zero attached hydrogens (tertiary/aromatic N) is 2. The van der Waals surface area contributed by atoms with Crippen LogP contribution in [0.3, 0.4) is 0 Å². The molecule has 0 aromatic carbocycles. The molecule has 1 aromatic heterocycles. The molecule has 0 saturated heterocycles. The quantitative estimate of drug-likeness (QED) is 0.864. The van der Waals surface area contributed by atoms with E-state index < -0.39 is 0 Å². The minimum atomic E-state index is -0.0241. The molecule has 4 nitrogen and oxygen atoms in total. The predicted octanol–water partition coefficient (Wildman–Crippen LogP) is 2.49. The van der Waals surface area contributed by atoms with Gasteiger partial charge in [0.05, 0.1) is 0 Å². The van der Waals surface area contributed by atoms with Gasteiger partial charge in [-0.2, -0.15) is 4.37 Å². The second-order valence-electron chi connectivity index (χ2n) is 5.51. The molecule has 0 aliphatic heterocycles. The molecule has 0 unspecified atom stereocenters. The molecule has 1 aromatic rings. The zero-order chi connectivity index (χ0) is 11.7. The summed E-state index contributed by atoms with van der Waals surface area (Å²) in [6.45, 7) is 0.840. The zero-order valence-electron chi connectivity index (χ0n) is 10.1. The van der Waals surface area contributed by atoms with Crippen molar-refractivity contribution in [2.24, 2.45) is 5.73 Å². The highest BCUT2D eigenvalue weighted by Gasteiger charge is 2.29. The number of hydrogen-bond donors (Lipinski definition) is 2. The second-order valence-corrected chi connectivity index (χ2v) is 6.26. The Kier molecular flexibility index (Phi) is 3.04. The fourth-order valence-electron chi connectivity index (χ4n) is 2.50. The maximum atomic E-state index is 6.38. The van der Waals surface area contributed by atoms with Crippen molar-refractivity contribution in [3.63, 3.8) is 0 Å². The molecule has 3 rings (SSSR count). The number of rotatable bonds is 4. The van der Waals surface area contributed by atoms with Crippen LogP contribution in [0.1, 0.15) is 56.7 Å². The molecule has 2 fully saturated rings. The lowest BCUT2D eigenvalue weighted by atomic mass is 9.82. The third-order valence-corrected chi connectivity index (χ3v) is 4.51. The van der Waals surface area contributed by atoms with Crippen molar-refractivity contribution >= 4 is 16.7 Å². The molecule has 3 N–H and O–H groups in total. The van der Waals surface area contributed by atoms with E-state index in [4.69, 9.17) is 5.73 Å². The van der Waals surface area contributed by atoms with Crippen molar-refractivity contribution in [3.05, 3.63) is 5.82 Å². The van der Waals surface area contributed by atoms with Crippen molar-refractivity contribution in [3.8, 4) is 0 Å². The van der Waals surface area contributed by atoms with Gasteiger partial charge in [-0.05, 0) is 25.7 Å². The summed E-state index contributed by atoms with van der Waals surface area (Å²) in [6.07, 6.45) is 8.66. The van der Waals surface area contributed by atoms with Gasteiger partial charge in [0.25, 0.3) is 0 Å². The number of nitrogens with two attached hydrogens (primary N) is 1. The molecule has 0 bridgehead atoms. The Morgan fingerprint density at radius 3 is 2.76 bits per heavy atom. The Morgan fingerprint density at radius 2 is 2.06 bits per heavy atom. The lowest BCUT2D eigenvalue weighted by molar-refractivity contribution is 0.311. The molecule has 0 radical (unpaired) electrons. The molecule has 2 aliphatic rings. The molecule has 17 heavy (non-hydrogen) atoms. The maximum absolute atomic E-state index is 6.38. The van der Waals surface area contributed by atoms with Gasteiger partial charge in [0, 0.05) is 29.5 Å². The molecular weight excluding hydrogens is 232 g/mol. The average molecular weight is 252 g/mol. The van der Waals surface area contributed by atoms with E-state index in [1.165, 1.54) is 43.6 Å². The number of anilines is 1. The fraction of sp³-hybridized carbons (Fsp3) is 0.833. The SMILES string of the molecule is NC1(CNc2nc(C3CC3)ns2)CCCCC1. The van der Waals surface area contributed by atoms with E-state index in [-0.39, 0.29) is 5.54 Å². The fourth-order valence-corrected chi connectivity index (χ4v) is 3.14. The normalized spacial score (nSPS) is 23.6. The minimum Gasteiger partial charge on any atom is -0.358 e. The molecule has 94 valence electrons. The Hall–Kier alpha value is -0.680. The van der Waals surface area contributed by atoms with Gasteiger partial charge in [0.1, 0.15) is 5.82 Å². The Morgan fingerprint density at radius 1 is 1.29 bits per heavy atom. The highest BCUT2D eigenvalue weighted by atomic mass is 32.1. The van der Waals surface area contributed by atoms with Gasteiger partial charge < -0.3 is 11.1 Å². The summed E-state index contributed by atoms with van der Waals surface area (Å²) in [5.74, 6) is 1.68. The first-order valence-corrected chi connectivity index (χ1v) is 7.39. The largest absolute Gasteiger partial charge is 0.358 e. The molecular formula is C12H20N4S. The van der Waals surface area contributed by atoms with Crippen LogP contribution in [-0.4, -0.2) is 21.4 Å². The molecule has 1 heterocycles. The van der Waals surface area contributed by atoms with Crippen LogP contribution in [0.25, 0.3) is 0 Å². The van der Waals surface area contributed by atoms with Crippen LogP contribution in [0.4, 0.5) is 5.13 Å².